The molecule has 9 heteroatoms. The predicted molar refractivity (Wildman–Crippen MR) is 141 cm³/mol. The summed E-state index contributed by atoms with van der Waals surface area (Å²) < 4.78 is 11.8. The zero-order valence-corrected chi connectivity index (χ0v) is 20.6. The highest BCUT2D eigenvalue weighted by Crippen LogP contribution is 2.44. The lowest BCUT2D eigenvalue weighted by atomic mass is 10.0. The third-order valence-electron chi connectivity index (χ3n) is 6.30. The summed E-state index contributed by atoms with van der Waals surface area (Å²) in [5.41, 5.74) is 3.59. The van der Waals surface area contributed by atoms with Gasteiger partial charge in [-0.25, -0.2) is 0 Å². The van der Waals surface area contributed by atoms with E-state index >= 15 is 0 Å². The largest absolute Gasteiger partial charge is 0.496 e. The van der Waals surface area contributed by atoms with E-state index in [1.165, 1.54) is 24.8 Å². The van der Waals surface area contributed by atoms with E-state index in [0.717, 1.165) is 17.8 Å². The zero-order valence-electron chi connectivity index (χ0n) is 19.8. The van der Waals surface area contributed by atoms with Gasteiger partial charge in [-0.05, 0) is 66.7 Å². The van der Waals surface area contributed by atoms with Crippen LogP contribution in [-0.4, -0.2) is 22.1 Å². The van der Waals surface area contributed by atoms with Crippen molar-refractivity contribution in [3.8, 4) is 17.1 Å². The minimum atomic E-state index is -0.454. The molecular formula is C27H24N4O4S. The van der Waals surface area contributed by atoms with E-state index < -0.39 is 4.92 Å². The Morgan fingerprint density at radius 1 is 1.14 bits per heavy atom. The van der Waals surface area contributed by atoms with E-state index in [4.69, 9.17) is 21.4 Å². The molecule has 1 N–H and O–H groups in total. The van der Waals surface area contributed by atoms with Gasteiger partial charge in [-0.3, -0.25) is 15.1 Å². The van der Waals surface area contributed by atoms with Crippen molar-refractivity contribution in [2.45, 2.75) is 25.4 Å². The molecule has 4 aromatic rings. The second-order valence-corrected chi connectivity index (χ2v) is 8.75. The Bertz CT molecular complexity index is 1410. The van der Waals surface area contributed by atoms with E-state index in [9.17, 15) is 10.1 Å². The number of anilines is 1. The van der Waals surface area contributed by atoms with Crippen LogP contribution in [0.1, 0.15) is 36.0 Å². The van der Waals surface area contributed by atoms with Crippen LogP contribution in [0.4, 0.5) is 11.4 Å². The molecule has 0 saturated carbocycles. The number of furan rings is 1. The molecule has 1 saturated heterocycles. The first-order valence-corrected chi connectivity index (χ1v) is 11.9. The number of nitro benzene ring substituents is 1. The van der Waals surface area contributed by atoms with Gasteiger partial charge in [-0.2, -0.15) is 0 Å². The van der Waals surface area contributed by atoms with Crippen molar-refractivity contribution in [1.29, 1.82) is 0 Å². The maximum atomic E-state index is 11.2. The number of thiocarbonyl (C=S) groups is 1. The van der Waals surface area contributed by atoms with Crippen molar-refractivity contribution in [2.75, 3.05) is 12.0 Å². The fourth-order valence-electron chi connectivity index (χ4n) is 4.47. The summed E-state index contributed by atoms with van der Waals surface area (Å²) in [4.78, 5) is 17.4. The van der Waals surface area contributed by atoms with Gasteiger partial charge >= 0.3 is 0 Å². The Labute approximate surface area is 213 Å². The Morgan fingerprint density at radius 3 is 2.61 bits per heavy atom. The molecule has 182 valence electrons. The van der Waals surface area contributed by atoms with Gasteiger partial charge < -0.3 is 19.4 Å². The number of ether oxygens (including phenoxy) is 1. The van der Waals surface area contributed by atoms with Crippen LogP contribution in [0.5, 0.6) is 5.75 Å². The van der Waals surface area contributed by atoms with Crippen LogP contribution < -0.4 is 15.0 Å². The van der Waals surface area contributed by atoms with Crippen LogP contribution in [-0.2, 0) is 6.42 Å². The predicted octanol–water partition coefficient (Wildman–Crippen LogP) is 6.00. The molecule has 0 spiro atoms. The highest BCUT2D eigenvalue weighted by atomic mass is 32.1. The molecular weight excluding hydrogens is 476 g/mol. The molecule has 36 heavy (non-hydrogen) atoms. The summed E-state index contributed by atoms with van der Waals surface area (Å²) >= 11 is 5.78. The lowest BCUT2D eigenvalue weighted by Gasteiger charge is -2.26. The summed E-state index contributed by atoms with van der Waals surface area (Å²) in [5.74, 6) is 1.57. The molecule has 1 fully saturated rings. The van der Waals surface area contributed by atoms with Crippen LogP contribution in [0.2, 0.25) is 0 Å². The number of pyridine rings is 1. The topological polar surface area (TPSA) is 93.7 Å². The monoisotopic (exact) mass is 500 g/mol. The van der Waals surface area contributed by atoms with Crippen LogP contribution in [0.15, 0.2) is 83.4 Å². The summed E-state index contributed by atoms with van der Waals surface area (Å²) in [7, 11) is 1.48. The molecule has 5 rings (SSSR count). The number of rotatable bonds is 7. The normalized spacial score (nSPS) is 17.2. The van der Waals surface area contributed by atoms with Crippen LogP contribution >= 0.6 is 12.2 Å². The molecule has 2 aromatic heterocycles. The smallest absolute Gasteiger partial charge is 0.273 e. The second kappa shape index (κ2) is 9.79. The van der Waals surface area contributed by atoms with E-state index in [-0.39, 0.29) is 17.8 Å². The second-order valence-electron chi connectivity index (χ2n) is 8.36. The summed E-state index contributed by atoms with van der Waals surface area (Å²) in [6, 6.07) is 21.7. The van der Waals surface area contributed by atoms with Gasteiger partial charge in [0.05, 0.1) is 35.4 Å². The highest BCUT2D eigenvalue weighted by Gasteiger charge is 2.42. The van der Waals surface area contributed by atoms with Gasteiger partial charge in [-0.15, -0.1) is 0 Å². The van der Waals surface area contributed by atoms with E-state index in [2.05, 4.69) is 41.5 Å². The Kier molecular flexibility index (Phi) is 6.39. The molecule has 0 radical (unpaired) electrons. The van der Waals surface area contributed by atoms with Crippen LogP contribution in [0.25, 0.3) is 11.3 Å². The van der Waals surface area contributed by atoms with Crippen molar-refractivity contribution in [3.05, 3.63) is 106 Å². The number of aromatic nitrogens is 1. The molecule has 0 amide bonds. The molecule has 0 aliphatic carbocycles. The van der Waals surface area contributed by atoms with Gasteiger partial charge in [0.15, 0.2) is 5.11 Å². The number of aryl methyl sites for hydroxylation is 1. The van der Waals surface area contributed by atoms with Crippen LogP contribution in [0.3, 0.4) is 0 Å². The van der Waals surface area contributed by atoms with Gasteiger partial charge in [0.2, 0.25) is 0 Å². The number of hydrogen-bond acceptors (Lipinski definition) is 6. The Hall–Kier alpha value is -4.24. The first-order valence-electron chi connectivity index (χ1n) is 11.5. The average molecular weight is 501 g/mol. The van der Waals surface area contributed by atoms with Gasteiger partial charge in [0, 0.05) is 18.0 Å². The maximum absolute atomic E-state index is 11.2. The molecule has 3 heterocycles. The number of non-ortho nitro benzene ring substituents is 1. The fraction of sp³-hybridized carbons (Fsp3) is 0.185. The summed E-state index contributed by atoms with van der Waals surface area (Å²) in [6.07, 6.45) is 2.70. The average Bonchev–Trinajstić information content (AvgIpc) is 3.53. The molecule has 1 aliphatic heterocycles. The number of hydrogen-bond donors (Lipinski definition) is 1. The Balaban J connectivity index is 1.58. The summed E-state index contributed by atoms with van der Waals surface area (Å²) in [6.45, 7) is 2.12. The first-order chi connectivity index (χ1) is 17.5. The van der Waals surface area contributed by atoms with E-state index in [0.29, 0.717) is 27.9 Å². The number of methoxy groups -OCH3 is 1. The zero-order chi connectivity index (χ0) is 25.2. The third kappa shape index (κ3) is 4.29. The van der Waals surface area contributed by atoms with Crippen LogP contribution in [0, 0.1) is 10.1 Å². The highest BCUT2D eigenvalue weighted by molar-refractivity contribution is 7.80. The molecule has 2 unspecified atom stereocenters. The number of nitrogens with zero attached hydrogens (tertiary/aromatic N) is 3. The van der Waals surface area contributed by atoms with Crippen molar-refractivity contribution in [2.24, 2.45) is 0 Å². The number of nitrogens with one attached hydrogen (secondary N) is 1. The lowest BCUT2D eigenvalue weighted by Crippen LogP contribution is -2.29. The van der Waals surface area contributed by atoms with Crippen molar-refractivity contribution in [3.63, 3.8) is 0 Å². The fourth-order valence-corrected chi connectivity index (χ4v) is 4.81. The molecule has 1 aliphatic rings. The first kappa shape index (κ1) is 23.5. The third-order valence-corrected chi connectivity index (χ3v) is 6.62. The SMILES string of the molecule is CCc1ccc(N2C(=S)NC(c3ccccn3)C2c2ccc(-c3ccc([N+](=O)[O-])cc3OC)o2)cc1. The lowest BCUT2D eigenvalue weighted by molar-refractivity contribution is -0.384. The molecule has 2 atom stereocenters. The maximum Gasteiger partial charge on any atom is 0.273 e. The van der Waals surface area contributed by atoms with E-state index in [1.54, 1.807) is 12.3 Å². The van der Waals surface area contributed by atoms with E-state index in [1.807, 2.05) is 35.2 Å². The minimum Gasteiger partial charge on any atom is -0.496 e. The van der Waals surface area contributed by atoms with Gasteiger partial charge in [-0.1, -0.05) is 25.1 Å². The molecule has 2 aromatic carbocycles. The Morgan fingerprint density at radius 2 is 1.94 bits per heavy atom. The summed E-state index contributed by atoms with van der Waals surface area (Å²) in [5, 5.41) is 15.2. The number of benzene rings is 2. The molecule has 0 bridgehead atoms. The van der Waals surface area contributed by atoms with Gasteiger partial charge in [0.25, 0.3) is 5.69 Å². The molecule has 8 nitrogen and oxygen atoms in total. The van der Waals surface area contributed by atoms with Crippen molar-refractivity contribution < 1.29 is 14.1 Å². The number of nitro groups is 1. The quantitative estimate of drug-likeness (QED) is 0.188. The van der Waals surface area contributed by atoms with Gasteiger partial charge in [0.1, 0.15) is 23.3 Å². The van der Waals surface area contributed by atoms with Crippen molar-refractivity contribution >= 4 is 28.7 Å². The standard InChI is InChI=1S/C27H24N4O4S/c1-3-17-7-9-18(10-8-17)30-26(25(29-27(30)36)21-6-4-5-15-28-21)23-14-13-22(35-23)20-12-11-19(31(32)33)16-24(20)34-2/h4-16,25-26H,3H2,1-2H3,(H,29,36). The minimum absolute atomic E-state index is 0.0513. The van der Waals surface area contributed by atoms with Crippen molar-refractivity contribution in [1.82, 2.24) is 10.3 Å².